The Balaban J connectivity index is 1.98. The van der Waals surface area contributed by atoms with E-state index in [1.807, 2.05) is 32.7 Å². The summed E-state index contributed by atoms with van der Waals surface area (Å²) in [7, 11) is 1.82. The Kier molecular flexibility index (Phi) is 7.00. The summed E-state index contributed by atoms with van der Waals surface area (Å²) < 4.78 is 20.0. The van der Waals surface area contributed by atoms with Gasteiger partial charge >= 0.3 is 6.09 Å². The summed E-state index contributed by atoms with van der Waals surface area (Å²) in [6, 6.07) is 7.83. The van der Waals surface area contributed by atoms with Gasteiger partial charge in [-0.25, -0.2) is 9.18 Å². The number of hydrogen-bond acceptors (Lipinski definition) is 7. The highest BCUT2D eigenvalue weighted by molar-refractivity contribution is 6.10. The Labute approximate surface area is 170 Å². The summed E-state index contributed by atoms with van der Waals surface area (Å²) in [4.78, 5) is 15.7. The van der Waals surface area contributed by atoms with E-state index in [-0.39, 0.29) is 17.8 Å². The molecular weight excluding hydrogens is 375 g/mol. The number of anilines is 2. The molecule has 0 aliphatic carbocycles. The number of carbonyl (C=O) groups is 1. The molecule has 1 N–H and O–H groups in total. The number of benzene rings is 1. The molecule has 1 fully saturated rings. The lowest BCUT2D eigenvalue weighted by atomic mass is 10.0. The van der Waals surface area contributed by atoms with Crippen molar-refractivity contribution >= 4 is 23.2 Å². The first-order chi connectivity index (χ1) is 13.6. The van der Waals surface area contributed by atoms with Crippen LogP contribution in [0, 0.1) is 28.5 Å². The Morgan fingerprint density at radius 1 is 1.31 bits per heavy atom. The van der Waals surface area contributed by atoms with Crippen LogP contribution in [-0.2, 0) is 4.74 Å². The van der Waals surface area contributed by atoms with Crippen molar-refractivity contribution in [2.75, 3.05) is 30.5 Å². The second kappa shape index (κ2) is 9.24. The molecule has 1 amide bonds. The van der Waals surface area contributed by atoms with E-state index in [0.29, 0.717) is 37.3 Å². The van der Waals surface area contributed by atoms with Gasteiger partial charge in [0.1, 0.15) is 23.6 Å². The lowest BCUT2D eigenvalue weighted by Gasteiger charge is -2.38. The average Bonchev–Trinajstić information content (AvgIpc) is 2.67. The minimum Gasteiger partial charge on any atom is -0.444 e. The van der Waals surface area contributed by atoms with Crippen LogP contribution in [0.3, 0.4) is 0 Å². The third-order valence-electron chi connectivity index (χ3n) is 4.50. The normalized spacial score (nSPS) is 14.4. The Hall–Kier alpha value is -3.33. The standard InChI is InChI=1S/C20H25FN6O2/c1-20(2,3)29-19(28)27-9-7-16(8-10-27)26(4)18-6-5-14(11-17(18)21)24-25-15(12-22)13-23/h5-6,11,16,24H,7-10H2,1-4H3. The van der Waals surface area contributed by atoms with Crippen molar-refractivity contribution in [1.29, 1.82) is 10.5 Å². The number of hydrogen-bond donors (Lipinski definition) is 1. The van der Waals surface area contributed by atoms with E-state index in [9.17, 15) is 9.18 Å². The number of halogens is 1. The second-order valence-corrected chi connectivity index (χ2v) is 7.77. The van der Waals surface area contributed by atoms with E-state index < -0.39 is 11.4 Å². The molecule has 9 heteroatoms. The van der Waals surface area contributed by atoms with E-state index in [0.717, 1.165) is 0 Å². The number of nitriles is 2. The van der Waals surface area contributed by atoms with Gasteiger partial charge in [0.2, 0.25) is 5.71 Å². The predicted octanol–water partition coefficient (Wildman–Crippen LogP) is 3.48. The molecule has 1 aliphatic rings. The van der Waals surface area contributed by atoms with Crippen LogP contribution in [0.4, 0.5) is 20.6 Å². The van der Waals surface area contributed by atoms with Crippen LogP contribution >= 0.6 is 0 Å². The number of nitrogens with zero attached hydrogens (tertiary/aromatic N) is 5. The molecule has 1 heterocycles. The maximum Gasteiger partial charge on any atom is 0.410 e. The topological polar surface area (TPSA) is 105 Å². The zero-order valence-electron chi connectivity index (χ0n) is 17.1. The highest BCUT2D eigenvalue weighted by Crippen LogP contribution is 2.27. The van der Waals surface area contributed by atoms with Gasteiger partial charge in [-0.3, -0.25) is 5.43 Å². The zero-order chi connectivity index (χ0) is 21.6. The third kappa shape index (κ3) is 6.08. The quantitative estimate of drug-likeness (QED) is 0.613. The summed E-state index contributed by atoms with van der Waals surface area (Å²) in [5, 5.41) is 20.9. The van der Waals surface area contributed by atoms with Crippen LogP contribution < -0.4 is 10.3 Å². The number of piperidine rings is 1. The summed E-state index contributed by atoms with van der Waals surface area (Å²) in [5.41, 5.74) is 2.38. The molecule has 8 nitrogen and oxygen atoms in total. The van der Waals surface area contributed by atoms with Gasteiger partial charge in [-0.1, -0.05) is 0 Å². The molecule has 1 aliphatic heterocycles. The monoisotopic (exact) mass is 400 g/mol. The van der Waals surface area contributed by atoms with E-state index >= 15 is 0 Å². The number of nitrogens with one attached hydrogen (secondary N) is 1. The fourth-order valence-electron chi connectivity index (χ4n) is 3.02. The molecule has 29 heavy (non-hydrogen) atoms. The molecule has 154 valence electrons. The van der Waals surface area contributed by atoms with Crippen molar-refractivity contribution in [3.05, 3.63) is 24.0 Å². The molecule has 0 saturated carbocycles. The number of ether oxygens (including phenoxy) is 1. The van der Waals surface area contributed by atoms with Crippen LogP contribution in [0.5, 0.6) is 0 Å². The maximum atomic E-state index is 14.6. The van der Waals surface area contributed by atoms with Crippen molar-refractivity contribution < 1.29 is 13.9 Å². The van der Waals surface area contributed by atoms with E-state index in [1.165, 1.54) is 6.07 Å². The first-order valence-electron chi connectivity index (χ1n) is 9.29. The second-order valence-electron chi connectivity index (χ2n) is 7.77. The number of carbonyl (C=O) groups excluding carboxylic acids is 1. The molecule has 0 atom stereocenters. The molecule has 1 saturated heterocycles. The van der Waals surface area contributed by atoms with Gasteiger partial charge in [-0.05, 0) is 45.7 Å². The zero-order valence-corrected chi connectivity index (χ0v) is 17.1. The van der Waals surface area contributed by atoms with Crippen LogP contribution in [0.1, 0.15) is 33.6 Å². The maximum absolute atomic E-state index is 14.6. The van der Waals surface area contributed by atoms with Crippen molar-refractivity contribution in [1.82, 2.24) is 4.90 Å². The largest absolute Gasteiger partial charge is 0.444 e. The third-order valence-corrected chi connectivity index (χ3v) is 4.50. The predicted molar refractivity (Wildman–Crippen MR) is 108 cm³/mol. The van der Waals surface area contributed by atoms with Gasteiger partial charge in [0.25, 0.3) is 0 Å². The highest BCUT2D eigenvalue weighted by atomic mass is 19.1. The molecule has 1 aromatic rings. The first-order valence-corrected chi connectivity index (χ1v) is 9.29. The smallest absolute Gasteiger partial charge is 0.410 e. The highest BCUT2D eigenvalue weighted by Gasteiger charge is 2.29. The van der Waals surface area contributed by atoms with Gasteiger partial charge in [-0.2, -0.15) is 15.6 Å². The van der Waals surface area contributed by atoms with Crippen molar-refractivity contribution in [2.24, 2.45) is 5.10 Å². The number of amides is 1. The van der Waals surface area contributed by atoms with Crippen LogP contribution in [0.2, 0.25) is 0 Å². The molecule has 2 rings (SSSR count). The fraction of sp³-hybridized carbons (Fsp3) is 0.500. The summed E-state index contributed by atoms with van der Waals surface area (Å²) in [5.74, 6) is -0.447. The summed E-state index contributed by atoms with van der Waals surface area (Å²) >= 11 is 0. The van der Waals surface area contributed by atoms with Gasteiger partial charge in [-0.15, -0.1) is 0 Å². The van der Waals surface area contributed by atoms with E-state index in [2.05, 4.69) is 10.5 Å². The van der Waals surface area contributed by atoms with E-state index in [1.54, 1.807) is 29.2 Å². The molecule has 0 aromatic heterocycles. The minimum absolute atomic E-state index is 0.0868. The van der Waals surface area contributed by atoms with Gasteiger partial charge in [0.05, 0.1) is 11.4 Å². The number of likely N-dealkylation sites (tertiary alicyclic amines) is 1. The average molecular weight is 400 g/mol. The lowest BCUT2D eigenvalue weighted by Crippen LogP contribution is -2.47. The summed E-state index contributed by atoms with van der Waals surface area (Å²) in [6.07, 6.45) is 1.08. The lowest BCUT2D eigenvalue weighted by molar-refractivity contribution is 0.0205. The minimum atomic E-state index is -0.533. The van der Waals surface area contributed by atoms with Crippen molar-refractivity contribution in [3.8, 4) is 12.1 Å². The van der Waals surface area contributed by atoms with Crippen molar-refractivity contribution in [2.45, 2.75) is 45.3 Å². The van der Waals surface area contributed by atoms with Gasteiger partial charge in [0, 0.05) is 32.2 Å². The molecular formula is C20H25FN6O2. The van der Waals surface area contributed by atoms with Crippen LogP contribution in [0.15, 0.2) is 23.3 Å². The SMILES string of the molecule is CN(c1ccc(NN=C(C#N)C#N)cc1F)C1CCN(C(=O)OC(C)(C)C)CC1. The van der Waals surface area contributed by atoms with Crippen LogP contribution in [-0.4, -0.2) is 48.5 Å². The van der Waals surface area contributed by atoms with Crippen LogP contribution in [0.25, 0.3) is 0 Å². The van der Waals surface area contributed by atoms with Gasteiger partial charge in [0.15, 0.2) is 0 Å². The molecule has 0 bridgehead atoms. The molecule has 0 radical (unpaired) electrons. The van der Waals surface area contributed by atoms with Gasteiger partial charge < -0.3 is 14.5 Å². The Bertz CT molecular complexity index is 841. The molecule has 0 unspecified atom stereocenters. The molecule has 1 aromatic carbocycles. The fourth-order valence-corrected chi connectivity index (χ4v) is 3.02. The first kappa shape index (κ1) is 22.0. The summed E-state index contributed by atoms with van der Waals surface area (Å²) in [6.45, 7) is 6.59. The van der Waals surface area contributed by atoms with Crippen molar-refractivity contribution in [3.63, 3.8) is 0 Å². The Morgan fingerprint density at radius 3 is 2.45 bits per heavy atom. The Morgan fingerprint density at radius 2 is 1.93 bits per heavy atom. The van der Waals surface area contributed by atoms with E-state index in [4.69, 9.17) is 15.3 Å². The number of rotatable bonds is 4. The number of hydrazone groups is 1. The molecule has 0 spiro atoms.